The van der Waals surface area contributed by atoms with Gasteiger partial charge in [0.25, 0.3) is 5.91 Å². The number of benzene rings is 1. The topological polar surface area (TPSA) is 29.5 Å². The fourth-order valence-corrected chi connectivity index (χ4v) is 3.04. The lowest BCUT2D eigenvalue weighted by Crippen LogP contribution is -2.41. The first-order valence-electron chi connectivity index (χ1n) is 7.46. The van der Waals surface area contributed by atoms with Crippen molar-refractivity contribution in [1.29, 1.82) is 0 Å². The third kappa shape index (κ3) is 3.53. The molecule has 0 spiro atoms. The fourth-order valence-electron chi connectivity index (χ4n) is 3.04. The standard InChI is InChI=1S/C17H25NO2/c1-12-6-5-7-18(10-12)16(19)11-20-17-14(3)8-13(2)9-15(17)4/h8-9,12H,5-7,10-11H2,1-4H3/t12-/m0/s1. The van der Waals surface area contributed by atoms with Gasteiger partial charge < -0.3 is 9.64 Å². The number of hydrogen-bond acceptors (Lipinski definition) is 2. The summed E-state index contributed by atoms with van der Waals surface area (Å²) in [7, 11) is 0. The van der Waals surface area contributed by atoms with E-state index in [1.807, 2.05) is 18.7 Å². The van der Waals surface area contributed by atoms with Crippen LogP contribution in [0.3, 0.4) is 0 Å². The van der Waals surface area contributed by atoms with Crippen LogP contribution in [0.25, 0.3) is 0 Å². The van der Waals surface area contributed by atoms with Gasteiger partial charge in [-0.3, -0.25) is 4.79 Å². The van der Waals surface area contributed by atoms with E-state index in [9.17, 15) is 4.79 Å². The summed E-state index contributed by atoms with van der Waals surface area (Å²) in [5.74, 6) is 1.57. The van der Waals surface area contributed by atoms with Crippen molar-refractivity contribution in [3.63, 3.8) is 0 Å². The van der Waals surface area contributed by atoms with Gasteiger partial charge in [-0.2, -0.15) is 0 Å². The molecular weight excluding hydrogens is 250 g/mol. The zero-order valence-corrected chi connectivity index (χ0v) is 13.0. The van der Waals surface area contributed by atoms with Gasteiger partial charge in [-0.05, 0) is 50.7 Å². The maximum atomic E-state index is 12.2. The maximum Gasteiger partial charge on any atom is 0.260 e. The molecule has 1 amide bonds. The van der Waals surface area contributed by atoms with Crippen LogP contribution in [-0.2, 0) is 4.79 Å². The molecule has 0 saturated carbocycles. The molecule has 0 aromatic heterocycles. The molecule has 1 aliphatic rings. The Labute approximate surface area is 121 Å². The Bertz CT molecular complexity index is 473. The van der Waals surface area contributed by atoms with Crippen LogP contribution in [0.1, 0.15) is 36.5 Å². The average molecular weight is 275 g/mol. The third-order valence-electron chi connectivity index (χ3n) is 3.95. The van der Waals surface area contributed by atoms with E-state index in [0.717, 1.165) is 36.4 Å². The second-order valence-corrected chi connectivity index (χ2v) is 6.10. The highest BCUT2D eigenvalue weighted by atomic mass is 16.5. The maximum absolute atomic E-state index is 12.2. The average Bonchev–Trinajstić information content (AvgIpc) is 2.37. The van der Waals surface area contributed by atoms with Gasteiger partial charge in [-0.1, -0.05) is 24.6 Å². The first-order chi connectivity index (χ1) is 9.47. The number of hydrogen-bond donors (Lipinski definition) is 0. The van der Waals surface area contributed by atoms with Crippen molar-refractivity contribution in [2.24, 2.45) is 5.92 Å². The summed E-state index contributed by atoms with van der Waals surface area (Å²) in [5.41, 5.74) is 3.42. The Hall–Kier alpha value is -1.51. The third-order valence-corrected chi connectivity index (χ3v) is 3.95. The molecule has 1 heterocycles. The number of likely N-dealkylation sites (tertiary alicyclic amines) is 1. The molecule has 1 atom stereocenters. The molecule has 0 unspecified atom stereocenters. The summed E-state index contributed by atoms with van der Waals surface area (Å²) in [4.78, 5) is 14.1. The number of aryl methyl sites for hydroxylation is 3. The van der Waals surface area contributed by atoms with Crippen LogP contribution in [0.2, 0.25) is 0 Å². The highest BCUT2D eigenvalue weighted by molar-refractivity contribution is 5.78. The van der Waals surface area contributed by atoms with E-state index >= 15 is 0 Å². The Balaban J connectivity index is 1.96. The summed E-state index contributed by atoms with van der Waals surface area (Å²) in [5, 5.41) is 0. The van der Waals surface area contributed by atoms with Crippen LogP contribution in [0, 0.1) is 26.7 Å². The molecular formula is C17H25NO2. The molecule has 0 radical (unpaired) electrons. The lowest BCUT2D eigenvalue weighted by atomic mass is 10.0. The Kier molecular flexibility index (Phi) is 4.69. The summed E-state index contributed by atoms with van der Waals surface area (Å²) in [6.07, 6.45) is 2.33. The van der Waals surface area contributed by atoms with Gasteiger partial charge in [0.1, 0.15) is 5.75 Å². The zero-order valence-electron chi connectivity index (χ0n) is 13.0. The predicted molar refractivity (Wildman–Crippen MR) is 81.1 cm³/mol. The molecule has 3 heteroatoms. The van der Waals surface area contributed by atoms with E-state index < -0.39 is 0 Å². The molecule has 0 N–H and O–H groups in total. The second kappa shape index (κ2) is 6.29. The number of rotatable bonds is 3. The van der Waals surface area contributed by atoms with Gasteiger partial charge in [-0.25, -0.2) is 0 Å². The second-order valence-electron chi connectivity index (χ2n) is 6.10. The van der Waals surface area contributed by atoms with Gasteiger partial charge in [0.2, 0.25) is 0 Å². The number of ether oxygens (including phenoxy) is 1. The summed E-state index contributed by atoms with van der Waals surface area (Å²) in [6.45, 7) is 10.2. The van der Waals surface area contributed by atoms with Crippen molar-refractivity contribution in [1.82, 2.24) is 4.90 Å². The normalized spacial score (nSPS) is 19.0. The van der Waals surface area contributed by atoms with Crippen molar-refractivity contribution >= 4 is 5.91 Å². The zero-order chi connectivity index (χ0) is 14.7. The number of piperidine rings is 1. The van der Waals surface area contributed by atoms with Crippen LogP contribution in [-0.4, -0.2) is 30.5 Å². The van der Waals surface area contributed by atoms with Crippen molar-refractivity contribution in [2.45, 2.75) is 40.5 Å². The van der Waals surface area contributed by atoms with Crippen molar-refractivity contribution < 1.29 is 9.53 Å². The highest BCUT2D eigenvalue weighted by Crippen LogP contribution is 2.24. The molecule has 1 saturated heterocycles. The van der Waals surface area contributed by atoms with Crippen LogP contribution in [0.5, 0.6) is 5.75 Å². The van der Waals surface area contributed by atoms with Gasteiger partial charge in [0.05, 0.1) is 0 Å². The van der Waals surface area contributed by atoms with E-state index in [2.05, 4.69) is 26.0 Å². The first-order valence-corrected chi connectivity index (χ1v) is 7.46. The quantitative estimate of drug-likeness (QED) is 0.847. The molecule has 20 heavy (non-hydrogen) atoms. The fraction of sp³-hybridized carbons (Fsp3) is 0.588. The van der Waals surface area contributed by atoms with Gasteiger partial charge in [0, 0.05) is 13.1 Å². The van der Waals surface area contributed by atoms with Gasteiger partial charge in [0.15, 0.2) is 6.61 Å². The largest absolute Gasteiger partial charge is 0.483 e. The summed E-state index contributed by atoms with van der Waals surface area (Å²) < 4.78 is 5.78. The highest BCUT2D eigenvalue weighted by Gasteiger charge is 2.21. The Morgan fingerprint density at radius 2 is 1.95 bits per heavy atom. The molecule has 2 rings (SSSR count). The lowest BCUT2D eigenvalue weighted by molar-refractivity contribution is -0.135. The lowest BCUT2D eigenvalue weighted by Gasteiger charge is -2.31. The van der Waals surface area contributed by atoms with Gasteiger partial charge in [-0.15, -0.1) is 0 Å². The van der Waals surface area contributed by atoms with Crippen LogP contribution in [0.4, 0.5) is 0 Å². The molecule has 1 aliphatic heterocycles. The molecule has 110 valence electrons. The molecule has 1 aromatic rings. The Morgan fingerprint density at radius 1 is 1.30 bits per heavy atom. The molecule has 1 aromatic carbocycles. The van der Waals surface area contributed by atoms with Gasteiger partial charge >= 0.3 is 0 Å². The van der Waals surface area contributed by atoms with Crippen LogP contribution >= 0.6 is 0 Å². The van der Waals surface area contributed by atoms with Crippen molar-refractivity contribution in [3.05, 3.63) is 28.8 Å². The van der Waals surface area contributed by atoms with Crippen molar-refractivity contribution in [2.75, 3.05) is 19.7 Å². The van der Waals surface area contributed by atoms with E-state index in [-0.39, 0.29) is 12.5 Å². The van der Waals surface area contributed by atoms with Crippen LogP contribution < -0.4 is 4.74 Å². The first kappa shape index (κ1) is 14.9. The Morgan fingerprint density at radius 3 is 2.55 bits per heavy atom. The monoisotopic (exact) mass is 275 g/mol. The SMILES string of the molecule is Cc1cc(C)c(OCC(=O)N2CCC[C@H](C)C2)c(C)c1. The van der Waals surface area contributed by atoms with E-state index in [4.69, 9.17) is 4.74 Å². The van der Waals surface area contributed by atoms with Crippen LogP contribution in [0.15, 0.2) is 12.1 Å². The molecule has 3 nitrogen and oxygen atoms in total. The minimum Gasteiger partial charge on any atom is -0.483 e. The minimum atomic E-state index is 0.107. The number of carbonyl (C=O) groups is 1. The smallest absolute Gasteiger partial charge is 0.260 e. The number of carbonyl (C=O) groups excluding carboxylic acids is 1. The van der Waals surface area contributed by atoms with Crippen molar-refractivity contribution in [3.8, 4) is 5.75 Å². The van der Waals surface area contributed by atoms with E-state index in [1.165, 1.54) is 12.0 Å². The van der Waals surface area contributed by atoms with E-state index in [1.54, 1.807) is 0 Å². The summed E-state index contributed by atoms with van der Waals surface area (Å²) >= 11 is 0. The minimum absolute atomic E-state index is 0.107. The summed E-state index contributed by atoms with van der Waals surface area (Å²) in [6, 6.07) is 4.19. The van der Waals surface area contributed by atoms with E-state index in [0.29, 0.717) is 5.92 Å². The number of nitrogens with zero attached hydrogens (tertiary/aromatic N) is 1. The predicted octanol–water partition coefficient (Wildman–Crippen LogP) is 3.25. The molecule has 0 bridgehead atoms. The molecule has 0 aliphatic carbocycles. The molecule has 1 fully saturated rings. The number of amides is 1.